The molecule has 0 unspecified atom stereocenters. The summed E-state index contributed by atoms with van der Waals surface area (Å²) in [5, 5.41) is 10.2. The number of anilines is 1. The minimum Gasteiger partial charge on any atom is -0.475 e. The molecule has 0 aromatic heterocycles. The molecule has 1 aliphatic heterocycles. The van der Waals surface area contributed by atoms with Crippen molar-refractivity contribution in [3.63, 3.8) is 0 Å². The highest BCUT2D eigenvalue weighted by Crippen LogP contribution is 2.21. The maximum Gasteiger partial charge on any atom is 0.490 e. The molecule has 21 heavy (non-hydrogen) atoms. The van der Waals surface area contributed by atoms with E-state index in [1.807, 2.05) is 24.3 Å². The third kappa shape index (κ3) is 5.01. The van der Waals surface area contributed by atoms with Crippen LogP contribution in [-0.2, 0) is 9.59 Å². The van der Waals surface area contributed by atoms with Crippen LogP contribution < -0.4 is 11.1 Å². The Hall–Kier alpha value is -2.77. The summed E-state index contributed by atoms with van der Waals surface area (Å²) in [6.07, 6.45) is 0.0684. The molecule has 4 N–H and O–H groups in total. The van der Waals surface area contributed by atoms with Crippen LogP contribution >= 0.6 is 0 Å². The molecule has 1 amide bonds. The smallest absolute Gasteiger partial charge is 0.475 e. The number of carbonyl (C=O) groups is 2. The fourth-order valence-electron chi connectivity index (χ4n) is 1.34. The van der Waals surface area contributed by atoms with Crippen molar-refractivity contribution in [1.29, 1.82) is 0 Å². The highest BCUT2D eigenvalue weighted by molar-refractivity contribution is 6.00. The number of nitrogens with one attached hydrogen (secondary N) is 1. The quantitative estimate of drug-likeness (QED) is 0.740. The Labute approximate surface area is 117 Å². The van der Waals surface area contributed by atoms with Gasteiger partial charge in [0.1, 0.15) is 0 Å². The molecule has 5 nitrogen and oxygen atoms in total. The van der Waals surface area contributed by atoms with E-state index in [1.165, 1.54) is 0 Å². The van der Waals surface area contributed by atoms with Gasteiger partial charge < -0.3 is 16.2 Å². The number of primary amides is 1. The van der Waals surface area contributed by atoms with Gasteiger partial charge in [0.05, 0.1) is 0 Å². The zero-order valence-electron chi connectivity index (χ0n) is 10.5. The van der Waals surface area contributed by atoms with Crippen molar-refractivity contribution in [3.8, 4) is 0 Å². The molecule has 1 heterocycles. The number of para-hydroxylation sites is 1. The van der Waals surface area contributed by atoms with Crippen LogP contribution in [0.5, 0.6) is 0 Å². The van der Waals surface area contributed by atoms with Crippen molar-refractivity contribution in [1.82, 2.24) is 0 Å². The second kappa shape index (κ2) is 6.60. The first-order chi connectivity index (χ1) is 9.71. The fourth-order valence-corrected chi connectivity index (χ4v) is 1.34. The van der Waals surface area contributed by atoms with Gasteiger partial charge in [-0.2, -0.15) is 13.2 Å². The zero-order valence-corrected chi connectivity index (χ0v) is 10.5. The Kier molecular flexibility index (Phi) is 5.12. The van der Waals surface area contributed by atoms with Gasteiger partial charge >= 0.3 is 12.1 Å². The summed E-state index contributed by atoms with van der Waals surface area (Å²) >= 11 is 0. The number of carboxylic acids is 1. The molecule has 0 saturated carbocycles. The number of aliphatic carboxylic acids is 1. The summed E-state index contributed by atoms with van der Waals surface area (Å²) in [6.45, 7) is 0. The zero-order chi connectivity index (χ0) is 16.0. The molecule has 1 aromatic rings. The van der Waals surface area contributed by atoms with Gasteiger partial charge in [0.15, 0.2) is 0 Å². The number of halogens is 3. The molecule has 0 saturated heterocycles. The predicted molar refractivity (Wildman–Crippen MR) is 70.1 cm³/mol. The van der Waals surface area contributed by atoms with Gasteiger partial charge in [0.2, 0.25) is 5.91 Å². The number of hydrogen-bond acceptors (Lipinski definition) is 3. The summed E-state index contributed by atoms with van der Waals surface area (Å²) in [5.74, 6) is -3.17. The van der Waals surface area contributed by atoms with Crippen molar-refractivity contribution < 1.29 is 27.9 Å². The average molecular weight is 300 g/mol. The highest BCUT2D eigenvalue weighted by atomic mass is 19.4. The topological polar surface area (TPSA) is 92.4 Å². The van der Waals surface area contributed by atoms with Crippen molar-refractivity contribution >= 4 is 23.6 Å². The van der Waals surface area contributed by atoms with Gasteiger partial charge in [0, 0.05) is 17.5 Å². The van der Waals surface area contributed by atoms with E-state index < -0.39 is 18.1 Å². The lowest BCUT2D eigenvalue weighted by Crippen LogP contribution is -2.21. The van der Waals surface area contributed by atoms with Gasteiger partial charge in [0.25, 0.3) is 0 Å². The van der Waals surface area contributed by atoms with Crippen LogP contribution in [0.1, 0.15) is 5.56 Å². The van der Waals surface area contributed by atoms with Crippen molar-refractivity contribution in [2.24, 2.45) is 5.73 Å². The Morgan fingerprint density at radius 1 is 1.19 bits per heavy atom. The Morgan fingerprint density at radius 2 is 1.76 bits per heavy atom. The van der Waals surface area contributed by atoms with E-state index in [2.05, 4.69) is 5.32 Å². The molecule has 0 aliphatic carbocycles. The number of alkyl halides is 3. The molecule has 0 radical (unpaired) electrons. The number of amides is 1. The predicted octanol–water partition coefficient (Wildman–Crippen LogP) is 2.13. The average Bonchev–Trinajstić information content (AvgIpc) is 2.60. The van der Waals surface area contributed by atoms with Crippen LogP contribution in [0.25, 0.3) is 6.08 Å². The highest BCUT2D eigenvalue weighted by Gasteiger charge is 2.38. The minimum absolute atomic E-state index is 0.417. The molecule has 0 spiro atoms. The molecule has 1 aromatic carbocycles. The number of nitrogens with two attached hydrogens (primary N) is 1. The van der Waals surface area contributed by atoms with Gasteiger partial charge in [-0.15, -0.1) is 0 Å². The molecule has 112 valence electrons. The number of fused-ring (bicyclic) bond motifs is 1. The van der Waals surface area contributed by atoms with E-state index in [9.17, 15) is 18.0 Å². The lowest BCUT2D eigenvalue weighted by molar-refractivity contribution is -0.192. The first-order valence-corrected chi connectivity index (χ1v) is 5.55. The first kappa shape index (κ1) is 16.3. The summed E-state index contributed by atoms with van der Waals surface area (Å²) in [6, 6.07) is 7.72. The van der Waals surface area contributed by atoms with Crippen molar-refractivity contribution in [3.05, 3.63) is 47.7 Å². The number of carbonyl (C=O) groups excluding carboxylic acids is 1. The second-order valence-electron chi connectivity index (χ2n) is 3.83. The maximum absolute atomic E-state index is 11.0. The SMILES string of the molecule is NC(=O)C1=Cc2ccccc2NC=C1.O=C(O)C(F)(F)F. The Morgan fingerprint density at radius 3 is 2.29 bits per heavy atom. The molecule has 0 atom stereocenters. The number of hydrogen-bond donors (Lipinski definition) is 3. The van der Waals surface area contributed by atoms with Gasteiger partial charge in [-0.3, -0.25) is 4.79 Å². The third-order valence-corrected chi connectivity index (χ3v) is 2.30. The summed E-state index contributed by atoms with van der Waals surface area (Å²) in [4.78, 5) is 19.9. The second-order valence-corrected chi connectivity index (χ2v) is 3.83. The van der Waals surface area contributed by atoms with Crippen LogP contribution in [0.15, 0.2) is 42.1 Å². The van der Waals surface area contributed by atoms with Crippen molar-refractivity contribution in [2.75, 3.05) is 5.32 Å². The molecule has 0 fully saturated rings. The molecule has 1 aliphatic rings. The Balaban J connectivity index is 0.000000270. The molecule has 0 bridgehead atoms. The minimum atomic E-state index is -5.08. The summed E-state index contributed by atoms with van der Waals surface area (Å²) in [5.41, 5.74) is 7.65. The van der Waals surface area contributed by atoms with E-state index in [0.717, 1.165) is 11.3 Å². The largest absolute Gasteiger partial charge is 0.490 e. The first-order valence-electron chi connectivity index (χ1n) is 5.55. The normalized spacial score (nSPS) is 12.8. The van der Waals surface area contributed by atoms with Gasteiger partial charge in [-0.1, -0.05) is 18.2 Å². The van der Waals surface area contributed by atoms with Crippen LogP contribution in [0.4, 0.5) is 18.9 Å². The van der Waals surface area contributed by atoms with E-state index in [-0.39, 0.29) is 0 Å². The summed E-state index contributed by atoms with van der Waals surface area (Å²) in [7, 11) is 0. The monoisotopic (exact) mass is 300 g/mol. The van der Waals surface area contributed by atoms with Crippen LogP contribution in [-0.4, -0.2) is 23.2 Å². The lowest BCUT2D eigenvalue weighted by atomic mass is 10.1. The maximum atomic E-state index is 11.0. The standard InChI is InChI=1S/C11H10N2O.C2HF3O2/c12-11(14)9-5-6-13-10-4-2-1-3-8(10)7-9;3-2(4,5)1(6)7/h1-7,13H,(H2,12,14);(H,6,7). The molecular formula is C13H11F3N2O3. The summed E-state index contributed by atoms with van der Waals surface area (Å²) < 4.78 is 31.7. The van der Waals surface area contributed by atoms with E-state index in [4.69, 9.17) is 15.6 Å². The fraction of sp³-hybridized carbons (Fsp3) is 0.0769. The number of carboxylic acid groups (broad SMARTS) is 1. The van der Waals surface area contributed by atoms with Crippen LogP contribution in [0, 0.1) is 0 Å². The van der Waals surface area contributed by atoms with E-state index >= 15 is 0 Å². The van der Waals surface area contributed by atoms with E-state index in [0.29, 0.717) is 5.57 Å². The van der Waals surface area contributed by atoms with E-state index in [1.54, 1.807) is 18.4 Å². The van der Waals surface area contributed by atoms with Crippen LogP contribution in [0.2, 0.25) is 0 Å². The van der Waals surface area contributed by atoms with Gasteiger partial charge in [-0.05, 0) is 23.8 Å². The van der Waals surface area contributed by atoms with Crippen molar-refractivity contribution in [2.45, 2.75) is 6.18 Å². The number of rotatable bonds is 1. The van der Waals surface area contributed by atoms with Crippen LogP contribution in [0.3, 0.4) is 0 Å². The number of benzene rings is 1. The molecule has 2 rings (SSSR count). The molecule has 8 heteroatoms. The van der Waals surface area contributed by atoms with Gasteiger partial charge in [-0.25, -0.2) is 4.79 Å². The lowest BCUT2D eigenvalue weighted by Gasteiger charge is -2.02. The molecular weight excluding hydrogens is 289 g/mol. The Bertz CT molecular complexity index is 607. The third-order valence-electron chi connectivity index (χ3n) is 2.30.